The van der Waals surface area contributed by atoms with Crippen molar-refractivity contribution in [2.45, 2.75) is 31.7 Å². The number of carbonyl (C=O) groups excluding carboxylic acids is 2. The highest BCUT2D eigenvalue weighted by atomic mass is 16.4. The topological polar surface area (TPSA) is 69.2 Å². The van der Waals surface area contributed by atoms with Crippen LogP contribution in [0.25, 0.3) is 0 Å². The second-order valence-corrected chi connectivity index (χ2v) is 2.71. The van der Waals surface area contributed by atoms with Crippen molar-refractivity contribution < 1.29 is 14.7 Å². The van der Waals surface area contributed by atoms with Crippen LogP contribution in [0, 0.1) is 0 Å². The molecule has 1 aliphatic rings. The monoisotopic (exact) mass is 156 g/mol. The smallest absolute Gasteiger partial charge is 0.220 e. The van der Waals surface area contributed by atoms with E-state index in [-0.39, 0.29) is 18.4 Å². The second kappa shape index (κ2) is 3.37. The van der Waals surface area contributed by atoms with Gasteiger partial charge >= 0.3 is 0 Å². The van der Waals surface area contributed by atoms with Gasteiger partial charge in [0.1, 0.15) is 0 Å². The zero-order valence-electron chi connectivity index (χ0n) is 6.13. The Morgan fingerprint density at radius 3 is 2.91 bits per heavy atom. The number of aliphatic carboxylic acids is 1. The maximum atomic E-state index is 10.6. The number of carboxylic acid groups (broad SMARTS) is 1. The lowest BCUT2D eigenvalue weighted by molar-refractivity contribution is -0.305. The van der Waals surface area contributed by atoms with Crippen molar-refractivity contribution >= 4 is 11.9 Å². The average Bonchev–Trinajstić information content (AvgIpc) is 2.31. The van der Waals surface area contributed by atoms with E-state index in [4.69, 9.17) is 0 Å². The molecule has 0 aromatic carbocycles. The van der Waals surface area contributed by atoms with Crippen LogP contribution in [-0.4, -0.2) is 17.9 Å². The highest BCUT2D eigenvalue weighted by Gasteiger charge is 2.19. The molecule has 1 heterocycles. The van der Waals surface area contributed by atoms with Crippen LogP contribution in [0.5, 0.6) is 0 Å². The lowest BCUT2D eigenvalue weighted by atomic mass is 10.1. The number of hydrogen-bond acceptors (Lipinski definition) is 3. The summed E-state index contributed by atoms with van der Waals surface area (Å²) in [6.07, 6.45) is 1.81. The van der Waals surface area contributed by atoms with Crippen molar-refractivity contribution in [2.75, 3.05) is 0 Å². The van der Waals surface area contributed by atoms with Gasteiger partial charge in [0.25, 0.3) is 0 Å². The minimum atomic E-state index is -1.05. The third kappa shape index (κ3) is 2.57. The molecule has 11 heavy (non-hydrogen) atoms. The summed E-state index contributed by atoms with van der Waals surface area (Å²) in [6, 6.07) is 0.0559. The Morgan fingerprint density at radius 1 is 1.73 bits per heavy atom. The van der Waals surface area contributed by atoms with Crippen molar-refractivity contribution in [3.63, 3.8) is 0 Å². The van der Waals surface area contributed by atoms with E-state index in [1.54, 1.807) is 0 Å². The van der Waals surface area contributed by atoms with Gasteiger partial charge < -0.3 is 15.2 Å². The Balaban J connectivity index is 2.18. The molecule has 1 atom stereocenters. The summed E-state index contributed by atoms with van der Waals surface area (Å²) in [5.74, 6) is -1.03. The number of amides is 1. The molecule has 0 spiro atoms. The lowest BCUT2D eigenvalue weighted by Crippen LogP contribution is -2.29. The van der Waals surface area contributed by atoms with E-state index in [2.05, 4.69) is 5.32 Å². The van der Waals surface area contributed by atoms with Crippen LogP contribution >= 0.6 is 0 Å². The van der Waals surface area contributed by atoms with Gasteiger partial charge in [0.05, 0.1) is 0 Å². The van der Waals surface area contributed by atoms with Gasteiger partial charge in [0.2, 0.25) is 5.91 Å². The van der Waals surface area contributed by atoms with Crippen LogP contribution in [0.3, 0.4) is 0 Å². The van der Waals surface area contributed by atoms with Crippen molar-refractivity contribution in [3.8, 4) is 0 Å². The highest BCUT2D eigenvalue weighted by Crippen LogP contribution is 2.10. The zero-order chi connectivity index (χ0) is 8.27. The van der Waals surface area contributed by atoms with Crippen molar-refractivity contribution in [1.82, 2.24) is 5.32 Å². The molecule has 0 radical (unpaired) electrons. The summed E-state index contributed by atoms with van der Waals surface area (Å²) in [5, 5.41) is 12.7. The minimum Gasteiger partial charge on any atom is -0.550 e. The molecule has 0 bridgehead atoms. The van der Waals surface area contributed by atoms with Gasteiger partial charge in [-0.15, -0.1) is 0 Å². The van der Waals surface area contributed by atoms with Gasteiger partial charge in [-0.05, 0) is 19.3 Å². The zero-order valence-corrected chi connectivity index (χ0v) is 6.13. The molecule has 1 rings (SSSR count). The first-order chi connectivity index (χ1) is 5.18. The Labute approximate surface area is 64.6 Å². The maximum absolute atomic E-state index is 10.6. The Hall–Kier alpha value is -1.06. The molecule has 4 heteroatoms. The van der Waals surface area contributed by atoms with Gasteiger partial charge in [0, 0.05) is 18.4 Å². The largest absolute Gasteiger partial charge is 0.550 e. The fourth-order valence-corrected chi connectivity index (χ4v) is 1.19. The molecular weight excluding hydrogens is 146 g/mol. The summed E-state index contributed by atoms with van der Waals surface area (Å²) in [5.41, 5.74) is 0. The molecule has 0 aromatic rings. The van der Waals surface area contributed by atoms with Gasteiger partial charge in [-0.3, -0.25) is 4.79 Å². The van der Waals surface area contributed by atoms with E-state index >= 15 is 0 Å². The Morgan fingerprint density at radius 2 is 2.45 bits per heavy atom. The number of carboxylic acids is 1. The van der Waals surface area contributed by atoms with Crippen LogP contribution in [0.15, 0.2) is 0 Å². The van der Waals surface area contributed by atoms with E-state index < -0.39 is 5.97 Å². The number of hydrogen-bond donors (Lipinski definition) is 1. The Kier molecular flexibility index (Phi) is 2.46. The number of nitrogens with one attached hydrogen (secondary N) is 1. The molecule has 0 saturated carbocycles. The molecule has 1 amide bonds. The molecule has 0 aromatic heterocycles. The van der Waals surface area contributed by atoms with Crippen molar-refractivity contribution in [1.29, 1.82) is 0 Å². The van der Waals surface area contributed by atoms with E-state index in [0.29, 0.717) is 12.8 Å². The molecular formula is C7H10NO3-. The van der Waals surface area contributed by atoms with Crippen LogP contribution in [0.4, 0.5) is 0 Å². The molecule has 1 N–H and O–H groups in total. The summed E-state index contributed by atoms with van der Waals surface area (Å²) in [7, 11) is 0. The van der Waals surface area contributed by atoms with Crippen molar-refractivity contribution in [3.05, 3.63) is 0 Å². The summed E-state index contributed by atoms with van der Waals surface area (Å²) in [6.45, 7) is 0. The number of rotatable bonds is 3. The molecule has 1 aliphatic heterocycles. The molecule has 62 valence electrons. The van der Waals surface area contributed by atoms with Gasteiger partial charge in [0.15, 0.2) is 0 Å². The van der Waals surface area contributed by atoms with Crippen LogP contribution < -0.4 is 10.4 Å². The summed E-state index contributed by atoms with van der Waals surface area (Å²) >= 11 is 0. The van der Waals surface area contributed by atoms with E-state index in [1.165, 1.54) is 0 Å². The van der Waals surface area contributed by atoms with Crippen LogP contribution in [0.2, 0.25) is 0 Å². The first-order valence-corrected chi connectivity index (χ1v) is 3.67. The fraction of sp³-hybridized carbons (Fsp3) is 0.714. The normalized spacial score (nSPS) is 23.3. The standard InChI is InChI=1S/C7H11NO3/c9-6-3-1-5(8-6)2-4-7(10)11/h5H,1-4H2,(H,8,9)(H,10,11)/p-1/t5-/m0/s1. The van der Waals surface area contributed by atoms with E-state index in [9.17, 15) is 14.7 Å². The first-order valence-electron chi connectivity index (χ1n) is 3.67. The maximum Gasteiger partial charge on any atom is 0.220 e. The van der Waals surface area contributed by atoms with Crippen LogP contribution in [0.1, 0.15) is 25.7 Å². The molecule has 0 aliphatic carbocycles. The molecule has 1 fully saturated rings. The highest BCUT2D eigenvalue weighted by molar-refractivity contribution is 5.78. The SMILES string of the molecule is O=C([O-])CC[C@@H]1CCC(=O)N1. The predicted molar refractivity (Wildman–Crippen MR) is 35.4 cm³/mol. The molecule has 0 unspecified atom stereocenters. The number of carbonyl (C=O) groups is 2. The average molecular weight is 156 g/mol. The quantitative estimate of drug-likeness (QED) is 0.557. The lowest BCUT2D eigenvalue weighted by Gasteiger charge is -2.08. The van der Waals surface area contributed by atoms with Gasteiger partial charge in [-0.2, -0.15) is 0 Å². The molecule has 1 saturated heterocycles. The van der Waals surface area contributed by atoms with Crippen molar-refractivity contribution in [2.24, 2.45) is 0 Å². The van der Waals surface area contributed by atoms with E-state index in [1.807, 2.05) is 0 Å². The predicted octanol–water partition coefficient (Wildman–Crippen LogP) is -1.20. The van der Waals surface area contributed by atoms with Gasteiger partial charge in [-0.1, -0.05) is 0 Å². The first kappa shape index (κ1) is 8.04. The summed E-state index contributed by atoms with van der Waals surface area (Å²) in [4.78, 5) is 20.6. The summed E-state index contributed by atoms with van der Waals surface area (Å²) < 4.78 is 0. The van der Waals surface area contributed by atoms with Gasteiger partial charge in [-0.25, -0.2) is 0 Å². The minimum absolute atomic E-state index is 0.0216. The third-order valence-corrected chi connectivity index (χ3v) is 1.78. The second-order valence-electron chi connectivity index (χ2n) is 2.71. The third-order valence-electron chi connectivity index (χ3n) is 1.78. The van der Waals surface area contributed by atoms with Crippen LogP contribution in [-0.2, 0) is 9.59 Å². The molecule has 4 nitrogen and oxygen atoms in total. The fourth-order valence-electron chi connectivity index (χ4n) is 1.19. The van der Waals surface area contributed by atoms with E-state index in [0.717, 1.165) is 6.42 Å². The Bertz CT molecular complexity index is 179.